The standard InChI is InChI=1S/C10H12O3/c1-13-7-9(10(11)12)8-5-3-2-4-6-8/h2-6,9H,7H2,1H3,(H,11,12). The monoisotopic (exact) mass is 180 g/mol. The Balaban J connectivity index is 2.82. The minimum absolute atomic E-state index is 0.208. The number of ether oxygens (including phenoxy) is 1. The molecule has 3 heteroatoms. The van der Waals surface area contributed by atoms with Crippen LogP contribution in [0, 0.1) is 0 Å². The Hall–Kier alpha value is -1.35. The Labute approximate surface area is 77.0 Å². The number of aliphatic carboxylic acids is 1. The number of carbonyl (C=O) groups is 1. The summed E-state index contributed by atoms with van der Waals surface area (Å²) in [4.78, 5) is 10.8. The molecule has 1 aromatic rings. The van der Waals surface area contributed by atoms with Gasteiger partial charge in [-0.3, -0.25) is 4.79 Å². The number of benzene rings is 1. The van der Waals surface area contributed by atoms with Gasteiger partial charge >= 0.3 is 5.97 Å². The number of carboxylic acid groups (broad SMARTS) is 1. The van der Waals surface area contributed by atoms with Crippen molar-refractivity contribution in [1.82, 2.24) is 0 Å². The van der Waals surface area contributed by atoms with Gasteiger partial charge < -0.3 is 9.84 Å². The lowest BCUT2D eigenvalue weighted by atomic mass is 10.0. The summed E-state index contributed by atoms with van der Waals surface area (Å²) >= 11 is 0. The summed E-state index contributed by atoms with van der Waals surface area (Å²) in [6.45, 7) is 0.208. The molecule has 3 nitrogen and oxygen atoms in total. The van der Waals surface area contributed by atoms with Gasteiger partial charge in [0, 0.05) is 7.11 Å². The Morgan fingerprint density at radius 3 is 2.54 bits per heavy atom. The third-order valence-corrected chi connectivity index (χ3v) is 1.83. The van der Waals surface area contributed by atoms with Gasteiger partial charge in [-0.15, -0.1) is 0 Å². The van der Waals surface area contributed by atoms with E-state index in [0.717, 1.165) is 5.56 Å². The van der Waals surface area contributed by atoms with Crippen molar-refractivity contribution in [1.29, 1.82) is 0 Å². The first-order chi connectivity index (χ1) is 6.25. The molecule has 0 fully saturated rings. The SMILES string of the molecule is COCC(C(=O)O)c1ccccc1. The van der Waals surface area contributed by atoms with E-state index in [4.69, 9.17) is 9.84 Å². The van der Waals surface area contributed by atoms with Crippen molar-refractivity contribution in [3.63, 3.8) is 0 Å². The largest absolute Gasteiger partial charge is 0.481 e. The van der Waals surface area contributed by atoms with E-state index in [1.54, 1.807) is 12.1 Å². The maximum Gasteiger partial charge on any atom is 0.313 e. The second kappa shape index (κ2) is 4.62. The normalized spacial score (nSPS) is 12.4. The van der Waals surface area contributed by atoms with Crippen molar-refractivity contribution in [2.75, 3.05) is 13.7 Å². The molecule has 0 radical (unpaired) electrons. The number of rotatable bonds is 4. The Morgan fingerprint density at radius 2 is 2.08 bits per heavy atom. The maximum atomic E-state index is 10.8. The molecule has 1 rings (SSSR count). The van der Waals surface area contributed by atoms with Crippen LogP contribution in [0.2, 0.25) is 0 Å². The van der Waals surface area contributed by atoms with Gasteiger partial charge in [-0.25, -0.2) is 0 Å². The zero-order chi connectivity index (χ0) is 9.68. The number of hydrogen-bond donors (Lipinski definition) is 1. The lowest BCUT2D eigenvalue weighted by Gasteiger charge is -2.10. The van der Waals surface area contributed by atoms with Gasteiger partial charge in [-0.2, -0.15) is 0 Å². The second-order valence-electron chi connectivity index (χ2n) is 2.76. The van der Waals surface area contributed by atoms with E-state index >= 15 is 0 Å². The minimum atomic E-state index is -0.854. The molecule has 0 spiro atoms. The summed E-state index contributed by atoms with van der Waals surface area (Å²) in [5.74, 6) is -1.42. The van der Waals surface area contributed by atoms with Crippen LogP contribution >= 0.6 is 0 Å². The lowest BCUT2D eigenvalue weighted by molar-refractivity contribution is -0.140. The highest BCUT2D eigenvalue weighted by molar-refractivity contribution is 5.76. The van der Waals surface area contributed by atoms with E-state index in [2.05, 4.69) is 0 Å². The number of hydrogen-bond acceptors (Lipinski definition) is 2. The van der Waals surface area contributed by atoms with Gasteiger partial charge in [0.2, 0.25) is 0 Å². The molecule has 13 heavy (non-hydrogen) atoms. The zero-order valence-electron chi connectivity index (χ0n) is 7.43. The third-order valence-electron chi connectivity index (χ3n) is 1.83. The van der Waals surface area contributed by atoms with Crippen LogP contribution in [0.5, 0.6) is 0 Å². The summed E-state index contributed by atoms with van der Waals surface area (Å²) in [7, 11) is 1.50. The minimum Gasteiger partial charge on any atom is -0.481 e. The Kier molecular flexibility index (Phi) is 3.46. The molecular formula is C10H12O3. The average molecular weight is 180 g/mol. The summed E-state index contributed by atoms with van der Waals surface area (Å²) in [5, 5.41) is 8.88. The van der Waals surface area contributed by atoms with E-state index in [9.17, 15) is 4.79 Å². The Morgan fingerprint density at radius 1 is 1.46 bits per heavy atom. The molecule has 0 aliphatic heterocycles. The van der Waals surface area contributed by atoms with Crippen molar-refractivity contribution >= 4 is 5.97 Å². The van der Waals surface area contributed by atoms with Crippen LogP contribution in [0.25, 0.3) is 0 Å². The first-order valence-corrected chi connectivity index (χ1v) is 4.02. The van der Waals surface area contributed by atoms with Crippen LogP contribution in [-0.2, 0) is 9.53 Å². The van der Waals surface area contributed by atoms with Gasteiger partial charge in [0.25, 0.3) is 0 Å². The van der Waals surface area contributed by atoms with Crippen LogP contribution in [0.3, 0.4) is 0 Å². The molecule has 1 atom stereocenters. The molecule has 0 saturated heterocycles. The number of carboxylic acids is 1. The predicted octanol–water partition coefficient (Wildman–Crippen LogP) is 1.50. The molecule has 1 N–H and O–H groups in total. The van der Waals surface area contributed by atoms with E-state index in [1.807, 2.05) is 18.2 Å². The van der Waals surface area contributed by atoms with Crippen molar-refractivity contribution < 1.29 is 14.6 Å². The molecule has 1 aromatic carbocycles. The first-order valence-electron chi connectivity index (χ1n) is 4.02. The predicted molar refractivity (Wildman–Crippen MR) is 48.7 cm³/mol. The summed E-state index contributed by atoms with van der Waals surface area (Å²) < 4.78 is 4.84. The second-order valence-corrected chi connectivity index (χ2v) is 2.76. The topological polar surface area (TPSA) is 46.5 Å². The molecule has 0 aromatic heterocycles. The highest BCUT2D eigenvalue weighted by atomic mass is 16.5. The fourth-order valence-electron chi connectivity index (χ4n) is 1.16. The molecule has 0 amide bonds. The lowest BCUT2D eigenvalue weighted by Crippen LogP contribution is -2.16. The van der Waals surface area contributed by atoms with Crippen molar-refractivity contribution in [2.45, 2.75) is 5.92 Å². The van der Waals surface area contributed by atoms with Gasteiger partial charge in [-0.1, -0.05) is 30.3 Å². The van der Waals surface area contributed by atoms with Crippen LogP contribution in [0.4, 0.5) is 0 Å². The van der Waals surface area contributed by atoms with Gasteiger partial charge in [-0.05, 0) is 5.56 Å². The smallest absolute Gasteiger partial charge is 0.313 e. The van der Waals surface area contributed by atoms with Crippen LogP contribution < -0.4 is 0 Å². The molecule has 0 saturated carbocycles. The third kappa shape index (κ3) is 2.56. The van der Waals surface area contributed by atoms with E-state index in [0.29, 0.717) is 0 Å². The molecule has 1 unspecified atom stereocenters. The fraction of sp³-hybridized carbons (Fsp3) is 0.300. The van der Waals surface area contributed by atoms with Crippen LogP contribution in [-0.4, -0.2) is 24.8 Å². The molecular weight excluding hydrogens is 168 g/mol. The molecule has 0 aliphatic carbocycles. The molecule has 0 aliphatic rings. The van der Waals surface area contributed by atoms with Gasteiger partial charge in [0.1, 0.15) is 5.92 Å². The van der Waals surface area contributed by atoms with Gasteiger partial charge in [0.15, 0.2) is 0 Å². The average Bonchev–Trinajstić information content (AvgIpc) is 2.15. The fourth-order valence-corrected chi connectivity index (χ4v) is 1.16. The van der Waals surface area contributed by atoms with E-state index in [1.165, 1.54) is 7.11 Å². The van der Waals surface area contributed by atoms with Crippen molar-refractivity contribution in [3.05, 3.63) is 35.9 Å². The molecule has 0 bridgehead atoms. The first kappa shape index (κ1) is 9.74. The maximum absolute atomic E-state index is 10.8. The quantitative estimate of drug-likeness (QED) is 0.763. The summed E-state index contributed by atoms with van der Waals surface area (Å²) in [6.07, 6.45) is 0. The Bertz CT molecular complexity index is 269. The zero-order valence-corrected chi connectivity index (χ0v) is 7.43. The van der Waals surface area contributed by atoms with Crippen molar-refractivity contribution in [3.8, 4) is 0 Å². The highest BCUT2D eigenvalue weighted by Gasteiger charge is 2.18. The summed E-state index contributed by atoms with van der Waals surface area (Å²) in [6, 6.07) is 9.08. The highest BCUT2D eigenvalue weighted by Crippen LogP contribution is 2.15. The molecule has 0 heterocycles. The number of methoxy groups -OCH3 is 1. The van der Waals surface area contributed by atoms with Crippen LogP contribution in [0.15, 0.2) is 30.3 Å². The van der Waals surface area contributed by atoms with E-state index < -0.39 is 11.9 Å². The van der Waals surface area contributed by atoms with Crippen LogP contribution in [0.1, 0.15) is 11.5 Å². The van der Waals surface area contributed by atoms with E-state index in [-0.39, 0.29) is 6.61 Å². The van der Waals surface area contributed by atoms with Gasteiger partial charge in [0.05, 0.1) is 6.61 Å². The molecule has 70 valence electrons. The van der Waals surface area contributed by atoms with Crippen molar-refractivity contribution in [2.24, 2.45) is 0 Å². The summed E-state index contributed by atoms with van der Waals surface area (Å²) in [5.41, 5.74) is 0.775.